The molecule has 0 spiro atoms. The molecule has 0 unspecified atom stereocenters. The molecule has 29 heavy (non-hydrogen) atoms. The molecule has 0 bridgehead atoms. The number of nitrogens with one attached hydrogen (secondary N) is 2. The predicted octanol–water partition coefficient (Wildman–Crippen LogP) is 3.97. The van der Waals surface area contributed by atoms with Crippen molar-refractivity contribution in [3.63, 3.8) is 0 Å². The Balaban J connectivity index is 1.48. The van der Waals surface area contributed by atoms with E-state index in [0.29, 0.717) is 24.3 Å². The molecule has 2 N–H and O–H groups in total. The van der Waals surface area contributed by atoms with E-state index in [1.54, 1.807) is 30.5 Å². The number of anilines is 1. The second kappa shape index (κ2) is 10.1. The average Bonchev–Trinajstić information content (AvgIpc) is 3.29. The fourth-order valence-corrected chi connectivity index (χ4v) is 2.84. The van der Waals surface area contributed by atoms with Crippen LogP contribution in [-0.2, 0) is 16.1 Å². The minimum Gasteiger partial charge on any atom is -0.467 e. The Labute approximate surface area is 169 Å². The highest BCUT2D eigenvalue weighted by Crippen LogP contribution is 2.17. The minimum absolute atomic E-state index is 0.169. The number of carbonyl (C=O) groups is 2. The van der Waals surface area contributed by atoms with Gasteiger partial charge in [-0.3, -0.25) is 4.79 Å². The van der Waals surface area contributed by atoms with Gasteiger partial charge in [-0.15, -0.1) is 0 Å². The monoisotopic (exact) mass is 392 g/mol. The van der Waals surface area contributed by atoms with Crippen molar-refractivity contribution < 1.29 is 18.7 Å². The Hall–Kier alpha value is -3.54. The van der Waals surface area contributed by atoms with Gasteiger partial charge in [-0.1, -0.05) is 49.4 Å². The summed E-state index contributed by atoms with van der Waals surface area (Å²) in [4.78, 5) is 24.5. The Morgan fingerprint density at radius 3 is 2.52 bits per heavy atom. The molecular formula is C23H24N2O4. The first-order valence-corrected chi connectivity index (χ1v) is 9.47. The lowest BCUT2D eigenvalue weighted by molar-refractivity contribution is -0.124. The van der Waals surface area contributed by atoms with Gasteiger partial charge in [0.25, 0.3) is 5.91 Å². The molecule has 0 saturated carbocycles. The van der Waals surface area contributed by atoms with Gasteiger partial charge in [0.05, 0.1) is 18.4 Å². The fourth-order valence-electron chi connectivity index (χ4n) is 2.84. The number of esters is 1. The molecule has 1 atom stereocenters. The molecular weight excluding hydrogens is 368 g/mol. The quantitative estimate of drug-likeness (QED) is 0.539. The lowest BCUT2D eigenvalue weighted by Gasteiger charge is -2.14. The molecule has 1 heterocycles. The lowest BCUT2D eigenvalue weighted by atomic mass is 10.0. The van der Waals surface area contributed by atoms with E-state index in [-0.39, 0.29) is 18.4 Å². The average molecular weight is 392 g/mol. The largest absolute Gasteiger partial charge is 0.467 e. The zero-order chi connectivity index (χ0) is 20.5. The van der Waals surface area contributed by atoms with Crippen molar-refractivity contribution in [2.24, 2.45) is 0 Å². The first kappa shape index (κ1) is 20.2. The van der Waals surface area contributed by atoms with Crippen LogP contribution in [0.1, 0.15) is 34.5 Å². The van der Waals surface area contributed by atoms with E-state index < -0.39 is 5.97 Å². The van der Waals surface area contributed by atoms with Gasteiger partial charge in [0, 0.05) is 12.2 Å². The summed E-state index contributed by atoms with van der Waals surface area (Å²) >= 11 is 0. The van der Waals surface area contributed by atoms with Crippen LogP contribution in [0.15, 0.2) is 77.4 Å². The van der Waals surface area contributed by atoms with Crippen molar-refractivity contribution >= 4 is 17.6 Å². The predicted molar refractivity (Wildman–Crippen MR) is 111 cm³/mol. The molecule has 6 heteroatoms. The second-order valence-corrected chi connectivity index (χ2v) is 6.67. The summed E-state index contributed by atoms with van der Waals surface area (Å²) in [6.07, 6.45) is 1.59. The number of hydrogen-bond acceptors (Lipinski definition) is 5. The van der Waals surface area contributed by atoms with E-state index in [0.717, 1.165) is 11.3 Å². The molecule has 2 aromatic carbocycles. The topological polar surface area (TPSA) is 80.6 Å². The first-order chi connectivity index (χ1) is 14.1. The van der Waals surface area contributed by atoms with Crippen LogP contribution in [-0.4, -0.2) is 25.0 Å². The van der Waals surface area contributed by atoms with Gasteiger partial charge < -0.3 is 19.8 Å². The minimum atomic E-state index is -0.557. The van der Waals surface area contributed by atoms with Crippen molar-refractivity contribution in [3.05, 3.63) is 89.9 Å². The van der Waals surface area contributed by atoms with E-state index in [4.69, 9.17) is 9.15 Å². The van der Waals surface area contributed by atoms with Crippen LogP contribution < -0.4 is 10.6 Å². The van der Waals surface area contributed by atoms with E-state index in [1.807, 2.05) is 49.4 Å². The number of amides is 1. The summed E-state index contributed by atoms with van der Waals surface area (Å²) in [7, 11) is 0. The summed E-state index contributed by atoms with van der Waals surface area (Å²) in [5, 5.41) is 5.95. The third-order valence-electron chi connectivity index (χ3n) is 4.49. The summed E-state index contributed by atoms with van der Waals surface area (Å²) < 4.78 is 10.5. The number of furan rings is 1. The Bertz CT molecular complexity index is 923. The van der Waals surface area contributed by atoms with Crippen LogP contribution in [0.2, 0.25) is 0 Å². The molecule has 0 aliphatic heterocycles. The number of para-hydroxylation sites is 1. The standard InChI is InChI=1S/C23H24N2O4/c1-17(18-8-3-2-4-9-18)14-25-22(26)16-29-23(27)20-11-5-6-12-21(20)24-15-19-10-7-13-28-19/h2-13,17,24H,14-16H2,1H3,(H,25,26)/t17-/m1/s1. The molecule has 1 amide bonds. The highest BCUT2D eigenvalue weighted by Gasteiger charge is 2.15. The Kier molecular flexibility index (Phi) is 7.05. The fraction of sp³-hybridized carbons (Fsp3) is 0.217. The van der Waals surface area contributed by atoms with E-state index in [2.05, 4.69) is 10.6 Å². The number of ether oxygens (including phenoxy) is 1. The molecule has 1 aromatic heterocycles. The van der Waals surface area contributed by atoms with Crippen molar-refractivity contribution in [1.29, 1.82) is 0 Å². The Morgan fingerprint density at radius 1 is 1.00 bits per heavy atom. The lowest BCUT2D eigenvalue weighted by Crippen LogP contribution is -2.31. The molecule has 3 aromatic rings. The zero-order valence-corrected chi connectivity index (χ0v) is 16.3. The van der Waals surface area contributed by atoms with Crippen molar-refractivity contribution in [2.75, 3.05) is 18.5 Å². The summed E-state index contributed by atoms with van der Waals surface area (Å²) in [6, 6.07) is 20.6. The van der Waals surface area contributed by atoms with Crippen molar-refractivity contribution in [3.8, 4) is 0 Å². The summed E-state index contributed by atoms with van der Waals surface area (Å²) in [5.74, 6) is 0.0309. The van der Waals surface area contributed by atoms with Crippen LogP contribution in [0.25, 0.3) is 0 Å². The van der Waals surface area contributed by atoms with Gasteiger partial charge in [0.2, 0.25) is 0 Å². The molecule has 6 nitrogen and oxygen atoms in total. The molecule has 0 aliphatic rings. The van der Waals surface area contributed by atoms with Crippen LogP contribution >= 0.6 is 0 Å². The number of carbonyl (C=O) groups excluding carboxylic acids is 2. The molecule has 0 saturated heterocycles. The second-order valence-electron chi connectivity index (χ2n) is 6.67. The van der Waals surface area contributed by atoms with Gasteiger partial charge in [-0.05, 0) is 35.7 Å². The van der Waals surface area contributed by atoms with E-state index in [1.165, 1.54) is 0 Å². The van der Waals surface area contributed by atoms with Gasteiger partial charge in [-0.25, -0.2) is 4.79 Å². The third-order valence-corrected chi connectivity index (χ3v) is 4.49. The molecule has 0 fully saturated rings. The highest BCUT2D eigenvalue weighted by molar-refractivity contribution is 5.96. The third kappa shape index (κ3) is 5.97. The van der Waals surface area contributed by atoms with E-state index >= 15 is 0 Å². The smallest absolute Gasteiger partial charge is 0.340 e. The van der Waals surface area contributed by atoms with Gasteiger partial charge >= 0.3 is 5.97 Å². The summed E-state index contributed by atoms with van der Waals surface area (Å²) in [6.45, 7) is 2.62. The van der Waals surface area contributed by atoms with Gasteiger partial charge in [-0.2, -0.15) is 0 Å². The van der Waals surface area contributed by atoms with E-state index in [9.17, 15) is 9.59 Å². The molecule has 0 radical (unpaired) electrons. The van der Waals surface area contributed by atoms with Gasteiger partial charge in [0.1, 0.15) is 5.76 Å². The Morgan fingerprint density at radius 2 is 1.76 bits per heavy atom. The molecule has 0 aliphatic carbocycles. The van der Waals surface area contributed by atoms with Crippen LogP contribution in [0, 0.1) is 0 Å². The van der Waals surface area contributed by atoms with Crippen molar-refractivity contribution in [2.45, 2.75) is 19.4 Å². The number of hydrogen-bond donors (Lipinski definition) is 2. The van der Waals surface area contributed by atoms with Crippen molar-refractivity contribution in [1.82, 2.24) is 5.32 Å². The number of rotatable bonds is 9. The first-order valence-electron chi connectivity index (χ1n) is 9.47. The SMILES string of the molecule is C[C@H](CNC(=O)COC(=O)c1ccccc1NCc1ccco1)c1ccccc1. The maximum Gasteiger partial charge on any atom is 0.340 e. The maximum absolute atomic E-state index is 12.4. The maximum atomic E-state index is 12.4. The number of benzene rings is 2. The van der Waals surface area contributed by atoms with Crippen LogP contribution in [0.3, 0.4) is 0 Å². The summed E-state index contributed by atoms with van der Waals surface area (Å²) in [5.41, 5.74) is 2.12. The normalized spacial score (nSPS) is 11.5. The van der Waals surface area contributed by atoms with Gasteiger partial charge in [0.15, 0.2) is 6.61 Å². The van der Waals surface area contributed by atoms with Crippen LogP contribution in [0.4, 0.5) is 5.69 Å². The van der Waals surface area contributed by atoms with Crippen LogP contribution in [0.5, 0.6) is 0 Å². The highest BCUT2D eigenvalue weighted by atomic mass is 16.5. The zero-order valence-electron chi connectivity index (χ0n) is 16.3. The molecule has 3 rings (SSSR count). The molecule has 150 valence electrons.